The van der Waals surface area contributed by atoms with E-state index in [1.807, 2.05) is 11.8 Å². The second-order valence-electron chi connectivity index (χ2n) is 5.41. The minimum atomic E-state index is -0.788. The van der Waals surface area contributed by atoms with E-state index in [-0.39, 0.29) is 24.5 Å². The molecule has 2 amide bonds. The van der Waals surface area contributed by atoms with Crippen LogP contribution in [0.5, 0.6) is 0 Å². The Morgan fingerprint density at radius 2 is 2.20 bits per heavy atom. The Hall–Kier alpha value is -0.910. The van der Waals surface area contributed by atoms with Gasteiger partial charge in [0.15, 0.2) is 0 Å². The monoisotopic (exact) mass is 302 g/mol. The van der Waals surface area contributed by atoms with Crippen molar-refractivity contribution >= 4 is 23.8 Å². The number of piperidine rings is 1. The minimum absolute atomic E-state index is 0.0336. The van der Waals surface area contributed by atoms with Crippen molar-refractivity contribution < 1.29 is 14.7 Å². The van der Waals surface area contributed by atoms with Crippen LogP contribution >= 0.6 is 11.8 Å². The van der Waals surface area contributed by atoms with Gasteiger partial charge in [-0.15, -0.1) is 0 Å². The predicted molar refractivity (Wildman–Crippen MR) is 82.2 cm³/mol. The summed E-state index contributed by atoms with van der Waals surface area (Å²) in [7, 11) is 0. The molecular formula is C14H26N2O3S. The smallest absolute Gasteiger partial charge is 0.317 e. The third-order valence-corrected chi connectivity index (χ3v) is 4.35. The topological polar surface area (TPSA) is 69.6 Å². The molecule has 2 N–H and O–H groups in total. The van der Waals surface area contributed by atoms with Gasteiger partial charge in [0, 0.05) is 25.0 Å². The molecule has 1 aliphatic heterocycles. The number of hydrogen-bond acceptors (Lipinski definition) is 3. The zero-order valence-electron chi connectivity index (χ0n) is 12.4. The second-order valence-corrected chi connectivity index (χ2v) is 6.39. The molecule has 2 atom stereocenters. The Bertz CT molecular complexity index is 326. The van der Waals surface area contributed by atoms with Crippen LogP contribution in [0, 0.1) is 0 Å². The van der Waals surface area contributed by atoms with Gasteiger partial charge in [0.1, 0.15) is 0 Å². The molecule has 6 heteroatoms. The van der Waals surface area contributed by atoms with Crippen LogP contribution in [0.3, 0.4) is 0 Å². The van der Waals surface area contributed by atoms with Crippen LogP contribution in [0.15, 0.2) is 0 Å². The number of carbonyl (C=O) groups is 2. The third kappa shape index (κ3) is 6.03. The maximum absolute atomic E-state index is 12.3. The predicted octanol–water partition coefficient (Wildman–Crippen LogP) is 2.56. The maximum Gasteiger partial charge on any atom is 0.317 e. The van der Waals surface area contributed by atoms with E-state index in [9.17, 15) is 9.59 Å². The first-order valence-corrected chi connectivity index (χ1v) is 8.71. The summed E-state index contributed by atoms with van der Waals surface area (Å²) in [6.45, 7) is 2.76. The van der Waals surface area contributed by atoms with E-state index in [4.69, 9.17) is 5.11 Å². The van der Waals surface area contributed by atoms with Gasteiger partial charge in [-0.3, -0.25) is 4.79 Å². The van der Waals surface area contributed by atoms with Crippen LogP contribution in [0.25, 0.3) is 0 Å². The van der Waals surface area contributed by atoms with Crippen molar-refractivity contribution in [1.82, 2.24) is 10.2 Å². The molecule has 20 heavy (non-hydrogen) atoms. The Balaban J connectivity index is 2.46. The van der Waals surface area contributed by atoms with Gasteiger partial charge in [-0.05, 0) is 51.0 Å². The number of urea groups is 1. The first-order chi connectivity index (χ1) is 9.54. The molecular weight excluding hydrogens is 276 g/mol. The summed E-state index contributed by atoms with van der Waals surface area (Å²) in [5.41, 5.74) is 0. The SMILES string of the molecule is CSCCC(C)NC(=O)N1CCCCC1CCC(=O)O. The lowest BCUT2D eigenvalue weighted by Crippen LogP contribution is -2.50. The molecule has 0 radical (unpaired) electrons. The van der Waals surface area contributed by atoms with E-state index in [0.29, 0.717) is 6.42 Å². The van der Waals surface area contributed by atoms with Crippen LogP contribution in [0.1, 0.15) is 45.4 Å². The van der Waals surface area contributed by atoms with Gasteiger partial charge in [-0.2, -0.15) is 11.8 Å². The fourth-order valence-electron chi connectivity index (χ4n) is 2.52. The Labute approximate surface area is 125 Å². The zero-order chi connectivity index (χ0) is 15.0. The van der Waals surface area contributed by atoms with Gasteiger partial charge in [0.2, 0.25) is 0 Å². The number of rotatable bonds is 7. The van der Waals surface area contributed by atoms with Crippen molar-refractivity contribution in [3.05, 3.63) is 0 Å². The van der Waals surface area contributed by atoms with Gasteiger partial charge in [-0.1, -0.05) is 0 Å². The number of carboxylic acids is 1. The Morgan fingerprint density at radius 1 is 1.45 bits per heavy atom. The summed E-state index contributed by atoms with van der Waals surface area (Å²) < 4.78 is 0. The molecule has 0 bridgehead atoms. The van der Waals surface area contributed by atoms with Crippen molar-refractivity contribution in [2.24, 2.45) is 0 Å². The number of thioether (sulfide) groups is 1. The van der Waals surface area contributed by atoms with Gasteiger partial charge in [-0.25, -0.2) is 4.79 Å². The van der Waals surface area contributed by atoms with Gasteiger partial charge < -0.3 is 15.3 Å². The van der Waals surface area contributed by atoms with Crippen molar-refractivity contribution in [3.63, 3.8) is 0 Å². The average molecular weight is 302 g/mol. The van der Waals surface area contributed by atoms with Crippen molar-refractivity contribution in [2.45, 2.75) is 57.5 Å². The molecule has 0 aromatic rings. The van der Waals surface area contributed by atoms with Crippen LogP contribution in [0.2, 0.25) is 0 Å². The number of nitrogens with one attached hydrogen (secondary N) is 1. The van der Waals surface area contributed by atoms with E-state index in [2.05, 4.69) is 11.6 Å². The minimum Gasteiger partial charge on any atom is -0.481 e. The van der Waals surface area contributed by atoms with Crippen LogP contribution in [0.4, 0.5) is 4.79 Å². The van der Waals surface area contributed by atoms with E-state index in [1.165, 1.54) is 0 Å². The van der Waals surface area contributed by atoms with Crippen molar-refractivity contribution in [1.29, 1.82) is 0 Å². The summed E-state index contributed by atoms with van der Waals surface area (Å²) >= 11 is 1.77. The molecule has 1 aliphatic rings. The molecule has 2 unspecified atom stereocenters. The maximum atomic E-state index is 12.3. The molecule has 0 aromatic heterocycles. The van der Waals surface area contributed by atoms with Gasteiger partial charge in [0.25, 0.3) is 0 Å². The molecule has 1 heterocycles. The zero-order valence-corrected chi connectivity index (χ0v) is 13.2. The first-order valence-electron chi connectivity index (χ1n) is 7.32. The molecule has 0 saturated carbocycles. The van der Waals surface area contributed by atoms with Crippen molar-refractivity contribution in [2.75, 3.05) is 18.6 Å². The molecule has 116 valence electrons. The average Bonchev–Trinajstić information content (AvgIpc) is 2.43. The lowest BCUT2D eigenvalue weighted by Gasteiger charge is -2.36. The number of amides is 2. The summed E-state index contributed by atoms with van der Waals surface area (Å²) in [6.07, 6.45) is 6.71. The first kappa shape index (κ1) is 17.1. The second kappa shape index (κ2) is 9.10. The highest BCUT2D eigenvalue weighted by Gasteiger charge is 2.27. The van der Waals surface area contributed by atoms with Crippen LogP contribution in [-0.2, 0) is 4.79 Å². The Kier molecular flexibility index (Phi) is 7.80. The summed E-state index contributed by atoms with van der Waals surface area (Å²) in [5, 5.41) is 11.8. The standard InChI is InChI=1S/C14H26N2O3S/c1-11(8-10-20-2)15-14(19)16-9-4-3-5-12(16)6-7-13(17)18/h11-12H,3-10H2,1-2H3,(H,15,19)(H,17,18). The van der Waals surface area contributed by atoms with Gasteiger partial charge in [0.05, 0.1) is 0 Å². The number of carbonyl (C=O) groups excluding carboxylic acids is 1. The van der Waals surface area contributed by atoms with E-state index >= 15 is 0 Å². The molecule has 0 aliphatic carbocycles. The fraction of sp³-hybridized carbons (Fsp3) is 0.857. The van der Waals surface area contributed by atoms with Crippen LogP contribution in [-0.4, -0.2) is 52.6 Å². The van der Waals surface area contributed by atoms with E-state index in [1.54, 1.807) is 11.8 Å². The van der Waals surface area contributed by atoms with Gasteiger partial charge >= 0.3 is 12.0 Å². The molecule has 0 aromatic carbocycles. The number of nitrogens with zero attached hydrogens (tertiary/aromatic N) is 1. The summed E-state index contributed by atoms with van der Waals surface area (Å²) in [6, 6.07) is 0.207. The summed E-state index contributed by atoms with van der Waals surface area (Å²) in [5.74, 6) is 0.244. The highest BCUT2D eigenvalue weighted by Crippen LogP contribution is 2.21. The van der Waals surface area contributed by atoms with Crippen LogP contribution < -0.4 is 5.32 Å². The highest BCUT2D eigenvalue weighted by molar-refractivity contribution is 7.98. The highest BCUT2D eigenvalue weighted by atomic mass is 32.2. The molecule has 5 nitrogen and oxygen atoms in total. The third-order valence-electron chi connectivity index (χ3n) is 3.70. The number of hydrogen-bond donors (Lipinski definition) is 2. The fourth-order valence-corrected chi connectivity index (χ4v) is 3.11. The molecule has 1 fully saturated rings. The number of likely N-dealkylation sites (tertiary alicyclic amines) is 1. The number of carboxylic acid groups (broad SMARTS) is 1. The molecule has 1 rings (SSSR count). The molecule has 0 spiro atoms. The van der Waals surface area contributed by atoms with E-state index in [0.717, 1.165) is 38.0 Å². The van der Waals surface area contributed by atoms with Crippen molar-refractivity contribution in [3.8, 4) is 0 Å². The Morgan fingerprint density at radius 3 is 2.85 bits per heavy atom. The number of aliphatic carboxylic acids is 1. The van der Waals surface area contributed by atoms with E-state index < -0.39 is 5.97 Å². The normalized spacial score (nSPS) is 20.5. The quantitative estimate of drug-likeness (QED) is 0.758. The molecule has 1 saturated heterocycles. The largest absolute Gasteiger partial charge is 0.481 e. The summed E-state index contributed by atoms with van der Waals surface area (Å²) in [4.78, 5) is 24.8. The lowest BCUT2D eigenvalue weighted by molar-refractivity contribution is -0.137. The lowest BCUT2D eigenvalue weighted by atomic mass is 9.98.